The Morgan fingerprint density at radius 1 is 1.09 bits per heavy atom. The van der Waals surface area contributed by atoms with E-state index in [4.69, 9.17) is 9.84 Å². The third kappa shape index (κ3) is 4.61. The number of fused-ring (bicyclic) bond motifs is 1. The summed E-state index contributed by atoms with van der Waals surface area (Å²) in [6.07, 6.45) is 2.13. The monoisotopic (exact) mass is 472 g/mol. The molecule has 1 aliphatic rings. The average molecular weight is 473 g/mol. The van der Waals surface area contributed by atoms with Gasteiger partial charge in [-0.15, -0.1) is 0 Å². The van der Waals surface area contributed by atoms with Crippen LogP contribution in [0.4, 0.5) is 5.82 Å². The van der Waals surface area contributed by atoms with Crippen LogP contribution in [0.3, 0.4) is 0 Å². The minimum atomic E-state index is -1.14. The predicted molar refractivity (Wildman–Crippen MR) is 132 cm³/mol. The van der Waals surface area contributed by atoms with Crippen molar-refractivity contribution in [1.82, 2.24) is 25.1 Å². The van der Waals surface area contributed by atoms with Crippen molar-refractivity contribution in [3.63, 3.8) is 0 Å². The van der Waals surface area contributed by atoms with Crippen molar-refractivity contribution in [2.24, 2.45) is 0 Å². The summed E-state index contributed by atoms with van der Waals surface area (Å²) in [6, 6.07) is 17.4. The number of hydrogen-bond acceptors (Lipinski definition) is 8. The third-order valence-corrected chi connectivity index (χ3v) is 6.11. The van der Waals surface area contributed by atoms with Gasteiger partial charge in [-0.05, 0) is 37.1 Å². The number of aromatic nitrogens is 4. The lowest BCUT2D eigenvalue weighted by molar-refractivity contribution is 0.0869. The highest BCUT2D eigenvalue weighted by Crippen LogP contribution is 2.33. The molecule has 3 unspecified atom stereocenters. The van der Waals surface area contributed by atoms with Crippen LogP contribution in [-0.4, -0.2) is 49.0 Å². The van der Waals surface area contributed by atoms with Gasteiger partial charge in [0.25, 0.3) is 0 Å². The first-order chi connectivity index (χ1) is 17.0. The number of rotatable bonds is 8. The Kier molecular flexibility index (Phi) is 6.45. The zero-order valence-electron chi connectivity index (χ0n) is 19.6. The van der Waals surface area contributed by atoms with Crippen LogP contribution in [0.15, 0.2) is 67.0 Å². The van der Waals surface area contributed by atoms with Gasteiger partial charge in [0, 0.05) is 29.9 Å². The van der Waals surface area contributed by atoms with Crippen molar-refractivity contribution in [2.75, 3.05) is 11.9 Å². The first-order valence-corrected chi connectivity index (χ1v) is 11.6. The number of nitrogens with zero attached hydrogens (tertiary/aromatic N) is 4. The van der Waals surface area contributed by atoms with Crippen LogP contribution in [-0.2, 0) is 6.42 Å². The van der Waals surface area contributed by atoms with Crippen LogP contribution < -0.4 is 15.4 Å². The number of para-hydroxylation sites is 1. The molecule has 0 saturated carbocycles. The summed E-state index contributed by atoms with van der Waals surface area (Å²) in [7, 11) is 0. The molecule has 4 aromatic rings. The zero-order valence-corrected chi connectivity index (χ0v) is 19.6. The van der Waals surface area contributed by atoms with E-state index in [0.29, 0.717) is 30.5 Å². The van der Waals surface area contributed by atoms with E-state index in [1.807, 2.05) is 68.4 Å². The summed E-state index contributed by atoms with van der Waals surface area (Å²) in [5.41, 5.74) is 5.11. The normalized spacial score (nSPS) is 17.7. The van der Waals surface area contributed by atoms with Gasteiger partial charge in [-0.25, -0.2) is 14.6 Å². The second kappa shape index (κ2) is 9.83. The Hall–Kier alpha value is -3.79. The van der Waals surface area contributed by atoms with Gasteiger partial charge in [0.2, 0.25) is 0 Å². The molecule has 2 aromatic carbocycles. The summed E-state index contributed by atoms with van der Waals surface area (Å²) in [6.45, 7) is 4.29. The Bertz CT molecular complexity index is 1290. The van der Waals surface area contributed by atoms with E-state index in [9.17, 15) is 10.2 Å². The molecule has 1 aliphatic carbocycles. The van der Waals surface area contributed by atoms with Gasteiger partial charge in [0.1, 0.15) is 11.5 Å². The molecule has 0 spiro atoms. The summed E-state index contributed by atoms with van der Waals surface area (Å²) in [4.78, 5) is 8.53. The molecule has 2 aromatic heterocycles. The average Bonchev–Trinajstić information content (AvgIpc) is 3.36. The lowest BCUT2D eigenvalue weighted by Crippen LogP contribution is -2.42. The molecule has 0 amide bonds. The van der Waals surface area contributed by atoms with Gasteiger partial charge >= 0.3 is 6.01 Å². The first kappa shape index (κ1) is 23.0. The molecule has 0 saturated heterocycles. The Morgan fingerprint density at radius 3 is 2.54 bits per heavy atom. The second-order valence-electron chi connectivity index (χ2n) is 8.42. The maximum atomic E-state index is 11.0. The summed E-state index contributed by atoms with van der Waals surface area (Å²) >= 11 is 0. The molecule has 9 heteroatoms. The second-order valence-corrected chi connectivity index (χ2v) is 8.42. The third-order valence-electron chi connectivity index (χ3n) is 6.11. The Morgan fingerprint density at radius 2 is 1.80 bits per heavy atom. The molecule has 0 fully saturated rings. The van der Waals surface area contributed by atoms with E-state index in [1.54, 1.807) is 17.1 Å². The largest absolute Gasteiger partial charge is 0.464 e. The van der Waals surface area contributed by atoms with Crippen LogP contribution in [0.5, 0.6) is 6.01 Å². The highest BCUT2D eigenvalue weighted by molar-refractivity contribution is 5.69. The first-order valence-electron chi connectivity index (χ1n) is 11.6. The number of benzene rings is 2. The van der Waals surface area contributed by atoms with Gasteiger partial charge in [-0.3, -0.25) is 5.32 Å². The molecule has 35 heavy (non-hydrogen) atoms. The van der Waals surface area contributed by atoms with E-state index < -0.39 is 12.5 Å². The molecule has 4 N–H and O–H groups in total. The van der Waals surface area contributed by atoms with Gasteiger partial charge in [0.15, 0.2) is 6.35 Å². The van der Waals surface area contributed by atoms with Gasteiger partial charge in [0.05, 0.1) is 24.4 Å². The molecule has 0 radical (unpaired) electrons. The number of aliphatic hydroxyl groups is 2. The standard InChI is InChI=1S/C26H28N6O3/c1-3-35-26-27-14-18(15-28-26)22-16(2)24(32(31-22)19-10-5-4-6-11-19)30-25(34)29-23-20-12-8-7-9-17(20)13-21(23)33/h4-12,14-15,21,23,25,29-30,33-34H,3,13H2,1-2H3. The number of anilines is 1. The molecular formula is C26H28N6O3. The fourth-order valence-electron chi connectivity index (χ4n) is 4.45. The van der Waals surface area contributed by atoms with Crippen molar-refractivity contribution >= 4 is 5.82 Å². The van der Waals surface area contributed by atoms with Gasteiger partial charge in [-0.1, -0.05) is 42.5 Å². The van der Waals surface area contributed by atoms with Crippen LogP contribution in [0.2, 0.25) is 0 Å². The smallest absolute Gasteiger partial charge is 0.316 e. The van der Waals surface area contributed by atoms with Gasteiger partial charge in [-0.2, -0.15) is 5.10 Å². The minimum absolute atomic E-state index is 0.310. The highest BCUT2D eigenvalue weighted by Gasteiger charge is 2.32. The van der Waals surface area contributed by atoms with Crippen molar-refractivity contribution in [3.8, 4) is 23.0 Å². The summed E-state index contributed by atoms with van der Waals surface area (Å²) in [5.74, 6) is 0.612. The fraction of sp³-hybridized carbons (Fsp3) is 0.269. The number of hydrogen-bond donors (Lipinski definition) is 4. The molecule has 180 valence electrons. The van der Waals surface area contributed by atoms with Crippen molar-refractivity contribution < 1.29 is 14.9 Å². The maximum Gasteiger partial charge on any atom is 0.316 e. The molecule has 3 atom stereocenters. The van der Waals surface area contributed by atoms with Crippen LogP contribution in [0.1, 0.15) is 29.7 Å². The lowest BCUT2D eigenvalue weighted by atomic mass is 10.1. The molecule has 2 heterocycles. The molecule has 0 aliphatic heterocycles. The van der Waals surface area contributed by atoms with E-state index >= 15 is 0 Å². The quantitative estimate of drug-likeness (QED) is 0.289. The summed E-state index contributed by atoms with van der Waals surface area (Å²) < 4.78 is 7.09. The lowest BCUT2D eigenvalue weighted by Gasteiger charge is -2.24. The topological polar surface area (TPSA) is 117 Å². The van der Waals surface area contributed by atoms with Crippen LogP contribution in [0.25, 0.3) is 16.9 Å². The zero-order chi connectivity index (χ0) is 24.4. The molecule has 9 nitrogen and oxygen atoms in total. The number of nitrogens with one attached hydrogen (secondary N) is 2. The Labute approximate surface area is 203 Å². The maximum absolute atomic E-state index is 11.0. The number of aliphatic hydroxyl groups excluding tert-OH is 2. The minimum Gasteiger partial charge on any atom is -0.464 e. The van der Waals surface area contributed by atoms with E-state index in [2.05, 4.69) is 20.6 Å². The van der Waals surface area contributed by atoms with Crippen LogP contribution >= 0.6 is 0 Å². The van der Waals surface area contributed by atoms with Crippen molar-refractivity contribution in [2.45, 2.75) is 38.8 Å². The van der Waals surface area contributed by atoms with Crippen molar-refractivity contribution in [3.05, 3.63) is 83.7 Å². The predicted octanol–water partition coefficient (Wildman–Crippen LogP) is 2.97. The Balaban J connectivity index is 1.45. The van der Waals surface area contributed by atoms with Crippen molar-refractivity contribution in [1.29, 1.82) is 0 Å². The van der Waals surface area contributed by atoms with E-state index in [-0.39, 0.29) is 6.04 Å². The van der Waals surface area contributed by atoms with Crippen LogP contribution in [0, 0.1) is 6.92 Å². The molecular weight excluding hydrogens is 444 g/mol. The van der Waals surface area contributed by atoms with Gasteiger partial charge < -0.3 is 20.3 Å². The highest BCUT2D eigenvalue weighted by atomic mass is 16.5. The molecule has 5 rings (SSSR count). The molecule has 0 bridgehead atoms. The van der Waals surface area contributed by atoms with E-state index in [0.717, 1.165) is 27.9 Å². The van der Waals surface area contributed by atoms with E-state index in [1.165, 1.54) is 0 Å². The summed E-state index contributed by atoms with van der Waals surface area (Å²) in [5, 5.41) is 32.6. The fourth-order valence-corrected chi connectivity index (χ4v) is 4.45. The SMILES string of the molecule is CCOc1ncc(-c2nn(-c3ccccc3)c(NC(O)NC3c4ccccc4CC3O)c2C)cn1. The number of ether oxygens (including phenoxy) is 1.